The van der Waals surface area contributed by atoms with E-state index >= 15 is 8.78 Å². The summed E-state index contributed by atoms with van der Waals surface area (Å²) >= 11 is 0. The summed E-state index contributed by atoms with van der Waals surface area (Å²) in [6.07, 6.45) is 9.84. The van der Waals surface area contributed by atoms with E-state index in [0.717, 1.165) is 43.4 Å². The van der Waals surface area contributed by atoms with Crippen LogP contribution in [0.3, 0.4) is 0 Å². The number of anilines is 1. The number of aromatic nitrogens is 2. The highest BCUT2D eigenvalue weighted by Crippen LogP contribution is 2.53. The Balaban J connectivity index is 1.16. The number of ether oxygens (including phenoxy) is 3. The summed E-state index contributed by atoms with van der Waals surface area (Å²) in [4.78, 5) is 14.6. The second-order valence-electron chi connectivity index (χ2n) is 20.1. The average molecular weight is 821 g/mol. The zero-order valence-corrected chi connectivity index (χ0v) is 37.2. The molecule has 0 amide bonds. The molecule has 1 aromatic heterocycles. The Kier molecular flexibility index (Phi) is 10.7. The molecule has 2 unspecified atom stereocenters. The summed E-state index contributed by atoms with van der Waals surface area (Å²) in [5, 5.41) is 1.84. The summed E-state index contributed by atoms with van der Waals surface area (Å²) < 4.78 is 52.6. The van der Waals surface area contributed by atoms with Crippen molar-refractivity contribution in [3.63, 3.8) is 0 Å². The minimum atomic E-state index is -2.14. The van der Waals surface area contributed by atoms with Crippen LogP contribution in [-0.4, -0.2) is 76.2 Å². The molecule has 3 aromatic carbocycles. The van der Waals surface area contributed by atoms with Crippen LogP contribution in [0.15, 0.2) is 36.4 Å². The van der Waals surface area contributed by atoms with Crippen LogP contribution < -0.4 is 14.4 Å². The van der Waals surface area contributed by atoms with E-state index in [4.69, 9.17) is 24.2 Å². The van der Waals surface area contributed by atoms with E-state index in [1.807, 2.05) is 24.3 Å². The molecule has 10 heteroatoms. The van der Waals surface area contributed by atoms with Gasteiger partial charge in [0.05, 0.1) is 12.2 Å². The zero-order chi connectivity index (χ0) is 41.3. The van der Waals surface area contributed by atoms with Gasteiger partial charge in [0.2, 0.25) is 0 Å². The number of hydrogen-bond acceptors (Lipinski definition) is 7. The van der Waals surface area contributed by atoms with Crippen molar-refractivity contribution in [2.75, 3.05) is 58.1 Å². The second kappa shape index (κ2) is 15.6. The van der Waals surface area contributed by atoms with Crippen LogP contribution in [0, 0.1) is 45.8 Å². The minimum absolute atomic E-state index is 0.00631. The quantitative estimate of drug-likeness (QED) is 0.0756. The highest BCUT2D eigenvalue weighted by molar-refractivity contribution is 6.90. The summed E-state index contributed by atoms with van der Waals surface area (Å²) in [7, 11) is -0.582. The Morgan fingerprint density at radius 2 is 1.61 bits per heavy atom. The van der Waals surface area contributed by atoms with E-state index in [-0.39, 0.29) is 29.3 Å². The van der Waals surface area contributed by atoms with Gasteiger partial charge in [-0.1, -0.05) is 66.0 Å². The maximum absolute atomic E-state index is 17.8. The molecule has 1 spiro atoms. The van der Waals surface area contributed by atoms with Crippen molar-refractivity contribution in [3.05, 3.63) is 53.6 Å². The molecule has 5 aliphatic rings. The standard InChI is InChI=1S/C49H62F2N4O3Si/c1-31(2)59(32(3)4,33(5)6)19-14-36-10-8-11-37-21-38(58-30-56-7)22-39(42(36)37)43-41(50)23-40-45(44(43)51)52-47(53-46(40)55-24-34-12-13-35(20-34)25-55)57-29-49(17-18-49)28-54-26-48(27-54)15-9-16-48/h8,10-11,21-23,31-35H,9,12-13,15-18,20,24-30H2,1-7H3. The number of nitrogens with zero attached hydrogens (tertiary/aromatic N) is 4. The lowest BCUT2D eigenvalue weighted by molar-refractivity contribution is -0.0716. The first-order valence-electron chi connectivity index (χ1n) is 22.3. The lowest BCUT2D eigenvalue weighted by Gasteiger charge is -2.56. The molecule has 3 aliphatic carbocycles. The maximum atomic E-state index is 17.8. The van der Waals surface area contributed by atoms with Gasteiger partial charge < -0.3 is 24.0 Å². The molecule has 59 heavy (non-hydrogen) atoms. The summed E-state index contributed by atoms with van der Waals surface area (Å²) in [6, 6.07) is 11.1. The topological polar surface area (TPSA) is 60.0 Å². The van der Waals surface area contributed by atoms with Crippen LogP contribution in [0.2, 0.25) is 16.6 Å². The van der Waals surface area contributed by atoms with Crippen LogP contribution >= 0.6 is 0 Å². The van der Waals surface area contributed by atoms with Crippen LogP contribution in [0.1, 0.15) is 98.5 Å². The number of likely N-dealkylation sites (tertiary alicyclic amines) is 1. The summed E-state index contributed by atoms with van der Waals surface area (Å²) in [5.74, 6) is 4.32. The average Bonchev–Trinajstić information content (AvgIpc) is 3.86. The van der Waals surface area contributed by atoms with E-state index < -0.39 is 19.7 Å². The van der Waals surface area contributed by atoms with Crippen molar-refractivity contribution < 1.29 is 23.0 Å². The first-order valence-corrected chi connectivity index (χ1v) is 24.6. The lowest BCUT2D eigenvalue weighted by atomic mass is 9.63. The fourth-order valence-electron chi connectivity index (χ4n) is 11.8. The number of rotatable bonds is 13. The van der Waals surface area contributed by atoms with Gasteiger partial charge in [0.15, 0.2) is 12.6 Å². The lowest BCUT2D eigenvalue weighted by Crippen LogP contribution is -2.60. The van der Waals surface area contributed by atoms with Crippen LogP contribution in [0.5, 0.6) is 11.8 Å². The normalized spacial score (nSPS) is 21.9. The molecule has 0 radical (unpaired) electrons. The molecule has 314 valence electrons. The van der Waals surface area contributed by atoms with Crippen molar-refractivity contribution in [2.45, 2.75) is 110 Å². The van der Waals surface area contributed by atoms with Gasteiger partial charge in [0.25, 0.3) is 0 Å². The largest absolute Gasteiger partial charge is 0.468 e. The fourth-order valence-corrected chi connectivity index (χ4v) is 17.1. The molecule has 2 saturated heterocycles. The first-order chi connectivity index (χ1) is 28.3. The maximum Gasteiger partial charge on any atom is 0.319 e. The van der Waals surface area contributed by atoms with Gasteiger partial charge in [-0.15, -0.1) is 5.54 Å². The number of methoxy groups -OCH3 is 1. The van der Waals surface area contributed by atoms with Crippen molar-refractivity contribution in [1.29, 1.82) is 0 Å². The van der Waals surface area contributed by atoms with Crippen LogP contribution in [0.4, 0.5) is 14.6 Å². The SMILES string of the molecule is COCOc1cc(-c2c(F)cc3c(N4CC5CCC(C5)C4)nc(OCC4(CN5CC6(CCC6)C5)CC4)nc3c2F)c2c(C#C[Si](C(C)C)(C(C)C)C(C)C)cccc2c1. The van der Waals surface area contributed by atoms with Gasteiger partial charge in [-0.2, -0.15) is 9.97 Å². The highest BCUT2D eigenvalue weighted by atomic mass is 28.3. The van der Waals surface area contributed by atoms with E-state index in [9.17, 15) is 0 Å². The van der Waals surface area contributed by atoms with E-state index in [1.54, 1.807) is 13.2 Å². The molecule has 9 rings (SSSR count). The van der Waals surface area contributed by atoms with Crippen molar-refractivity contribution >= 4 is 35.6 Å². The first kappa shape index (κ1) is 40.6. The zero-order valence-electron chi connectivity index (χ0n) is 36.2. The minimum Gasteiger partial charge on any atom is -0.468 e. The number of halogens is 2. The van der Waals surface area contributed by atoms with Crippen molar-refractivity contribution in [3.8, 4) is 34.4 Å². The summed E-state index contributed by atoms with van der Waals surface area (Å²) in [6.45, 7) is 19.2. The Labute approximate surface area is 350 Å². The molecule has 4 aromatic rings. The molecule has 5 fully saturated rings. The molecule has 3 saturated carbocycles. The highest BCUT2D eigenvalue weighted by Gasteiger charge is 2.52. The smallest absolute Gasteiger partial charge is 0.319 e. The van der Waals surface area contributed by atoms with Gasteiger partial charge in [-0.05, 0) is 108 Å². The van der Waals surface area contributed by atoms with Gasteiger partial charge in [0, 0.05) is 67.1 Å². The number of piperidine rings is 1. The van der Waals surface area contributed by atoms with E-state index in [1.165, 1.54) is 57.7 Å². The number of hydrogen-bond donors (Lipinski definition) is 0. The third-order valence-electron chi connectivity index (χ3n) is 15.1. The predicted octanol–water partition coefficient (Wildman–Crippen LogP) is 11.2. The van der Waals surface area contributed by atoms with Crippen LogP contribution in [0.25, 0.3) is 32.8 Å². The number of fused-ring (bicyclic) bond motifs is 4. The third kappa shape index (κ3) is 7.41. The fraction of sp³-hybridized carbons (Fsp3) is 0.592. The second-order valence-corrected chi connectivity index (χ2v) is 25.7. The van der Waals surface area contributed by atoms with Gasteiger partial charge in [-0.25, -0.2) is 8.78 Å². The van der Waals surface area contributed by atoms with Crippen LogP contribution in [-0.2, 0) is 4.74 Å². The van der Waals surface area contributed by atoms with E-state index in [2.05, 4.69) is 62.8 Å². The molecule has 0 N–H and O–H groups in total. The Bertz CT molecular complexity index is 2270. The van der Waals surface area contributed by atoms with Crippen molar-refractivity contribution in [1.82, 2.24) is 14.9 Å². The molecular weight excluding hydrogens is 759 g/mol. The molecule has 2 atom stereocenters. The third-order valence-corrected chi connectivity index (χ3v) is 21.4. The number of benzene rings is 3. The molecule has 2 bridgehead atoms. The monoisotopic (exact) mass is 820 g/mol. The Morgan fingerprint density at radius 1 is 0.898 bits per heavy atom. The Morgan fingerprint density at radius 3 is 2.24 bits per heavy atom. The molecule has 2 aliphatic heterocycles. The van der Waals surface area contributed by atoms with Gasteiger partial charge in [-0.3, -0.25) is 0 Å². The molecule has 7 nitrogen and oxygen atoms in total. The van der Waals surface area contributed by atoms with Gasteiger partial charge >= 0.3 is 6.01 Å². The van der Waals surface area contributed by atoms with E-state index in [0.29, 0.717) is 68.4 Å². The summed E-state index contributed by atoms with van der Waals surface area (Å²) in [5.41, 5.74) is 6.81. The predicted molar refractivity (Wildman–Crippen MR) is 236 cm³/mol. The van der Waals surface area contributed by atoms with Gasteiger partial charge in [0.1, 0.15) is 31.0 Å². The van der Waals surface area contributed by atoms with Crippen molar-refractivity contribution in [2.24, 2.45) is 22.7 Å². The molecular formula is C49H62F2N4O3Si. The molecule has 3 heterocycles. The Hall–Kier alpha value is -3.78.